The lowest BCUT2D eigenvalue weighted by molar-refractivity contribution is -0.137. The average molecular weight is 368 g/mol. The minimum atomic E-state index is -4.44. The van der Waals surface area contributed by atoms with Crippen molar-refractivity contribution in [2.24, 2.45) is 5.92 Å². The third-order valence-corrected chi connectivity index (χ3v) is 4.15. The molecule has 0 bridgehead atoms. The van der Waals surface area contributed by atoms with Gasteiger partial charge in [0.2, 0.25) is 5.91 Å². The number of carbonyl (C=O) groups is 1. The molecule has 2 aromatic rings. The van der Waals surface area contributed by atoms with Crippen LogP contribution in [0.15, 0.2) is 43.1 Å². The van der Waals surface area contributed by atoms with E-state index in [9.17, 15) is 22.4 Å². The summed E-state index contributed by atoms with van der Waals surface area (Å²) in [4.78, 5) is 12.9. The number of aromatic nitrogens is 2. The Kier molecular flexibility index (Phi) is 4.71. The fourth-order valence-corrected chi connectivity index (χ4v) is 2.91. The number of benzene rings is 1. The molecular weight excluding hydrogens is 352 g/mol. The quantitative estimate of drug-likeness (QED) is 0.667. The third kappa shape index (κ3) is 3.56. The first-order chi connectivity index (χ1) is 12.3. The standard InChI is InChI=1S/C17H16F4N4O/c1-2-15(26)22-7-11-9-24(16-14(18)8-23-25(16)10-11)13-5-3-12(4-6-13)17(19,20)21/h2-6,8,11H,1,7,9-10H2,(H,22,26)/t11-/m0/s1. The molecule has 5 nitrogen and oxygen atoms in total. The number of rotatable bonds is 4. The topological polar surface area (TPSA) is 50.2 Å². The summed E-state index contributed by atoms with van der Waals surface area (Å²) in [6, 6.07) is 4.50. The number of hydrogen-bond acceptors (Lipinski definition) is 3. The molecule has 1 N–H and O–H groups in total. The van der Waals surface area contributed by atoms with Crippen LogP contribution >= 0.6 is 0 Å². The molecule has 0 saturated carbocycles. The predicted molar refractivity (Wildman–Crippen MR) is 87.3 cm³/mol. The summed E-state index contributed by atoms with van der Waals surface area (Å²) in [5.74, 6) is -0.800. The molecule has 9 heteroatoms. The lowest BCUT2D eigenvalue weighted by Crippen LogP contribution is -2.41. The fraction of sp³-hybridized carbons (Fsp3) is 0.294. The van der Waals surface area contributed by atoms with E-state index in [4.69, 9.17) is 0 Å². The first-order valence-electron chi connectivity index (χ1n) is 7.86. The Balaban J connectivity index is 1.87. The van der Waals surface area contributed by atoms with Crippen molar-refractivity contribution in [2.45, 2.75) is 12.7 Å². The molecule has 1 aromatic heterocycles. The molecule has 0 saturated heterocycles. The Morgan fingerprint density at radius 1 is 1.31 bits per heavy atom. The number of amides is 1. The van der Waals surface area contributed by atoms with Gasteiger partial charge in [0, 0.05) is 31.2 Å². The second-order valence-electron chi connectivity index (χ2n) is 5.97. The van der Waals surface area contributed by atoms with E-state index in [1.54, 1.807) is 4.90 Å². The Bertz CT molecular complexity index is 813. The number of hydrogen-bond donors (Lipinski definition) is 1. The molecule has 26 heavy (non-hydrogen) atoms. The fourth-order valence-electron chi connectivity index (χ4n) is 2.91. The maximum absolute atomic E-state index is 14.1. The van der Waals surface area contributed by atoms with Crippen molar-refractivity contribution in [1.29, 1.82) is 0 Å². The average Bonchev–Trinajstić information content (AvgIpc) is 2.99. The molecule has 0 aliphatic carbocycles. The van der Waals surface area contributed by atoms with Gasteiger partial charge in [-0.2, -0.15) is 18.3 Å². The van der Waals surface area contributed by atoms with Crippen LogP contribution < -0.4 is 10.2 Å². The number of carbonyl (C=O) groups excluding carboxylic acids is 1. The summed E-state index contributed by atoms with van der Waals surface area (Å²) < 4.78 is 53.8. The molecular formula is C17H16F4N4O. The van der Waals surface area contributed by atoms with Gasteiger partial charge in [0.15, 0.2) is 11.6 Å². The monoisotopic (exact) mass is 368 g/mol. The van der Waals surface area contributed by atoms with Crippen LogP contribution in [0.5, 0.6) is 0 Å². The summed E-state index contributed by atoms with van der Waals surface area (Å²) in [5.41, 5.74) is -0.361. The molecule has 2 heterocycles. The van der Waals surface area contributed by atoms with E-state index in [1.165, 1.54) is 16.8 Å². The molecule has 138 valence electrons. The van der Waals surface area contributed by atoms with Crippen LogP contribution in [0, 0.1) is 11.7 Å². The second kappa shape index (κ2) is 6.81. The van der Waals surface area contributed by atoms with Crippen molar-refractivity contribution in [2.75, 3.05) is 18.0 Å². The van der Waals surface area contributed by atoms with Gasteiger partial charge in [0.25, 0.3) is 0 Å². The van der Waals surface area contributed by atoms with Gasteiger partial charge >= 0.3 is 6.18 Å². The highest BCUT2D eigenvalue weighted by Crippen LogP contribution is 2.35. The molecule has 0 unspecified atom stereocenters. The van der Waals surface area contributed by atoms with Crippen molar-refractivity contribution < 1.29 is 22.4 Å². The molecule has 1 aliphatic heterocycles. The van der Waals surface area contributed by atoms with Gasteiger partial charge in [-0.25, -0.2) is 9.07 Å². The molecule has 1 atom stereocenters. The summed E-state index contributed by atoms with van der Waals surface area (Å²) in [7, 11) is 0. The van der Waals surface area contributed by atoms with Gasteiger partial charge in [-0.15, -0.1) is 0 Å². The van der Waals surface area contributed by atoms with E-state index >= 15 is 0 Å². The van der Waals surface area contributed by atoms with Crippen molar-refractivity contribution in [3.8, 4) is 0 Å². The van der Waals surface area contributed by atoms with Gasteiger partial charge in [0.1, 0.15) is 0 Å². The first kappa shape index (κ1) is 18.0. The second-order valence-corrected chi connectivity index (χ2v) is 5.97. The molecule has 0 radical (unpaired) electrons. The SMILES string of the molecule is C=CC(=O)NC[C@H]1CN(c2ccc(C(F)(F)F)cc2)c2c(F)cnn2C1. The van der Waals surface area contributed by atoms with E-state index in [-0.39, 0.29) is 17.6 Å². The van der Waals surface area contributed by atoms with Crippen molar-refractivity contribution in [1.82, 2.24) is 15.1 Å². The van der Waals surface area contributed by atoms with Gasteiger partial charge in [0.05, 0.1) is 11.8 Å². The van der Waals surface area contributed by atoms with Crippen LogP contribution in [0.1, 0.15) is 5.56 Å². The number of halogens is 4. The Morgan fingerprint density at radius 2 is 2.00 bits per heavy atom. The molecule has 3 rings (SSSR count). The lowest BCUT2D eigenvalue weighted by Gasteiger charge is -2.34. The minimum absolute atomic E-state index is 0.104. The molecule has 1 aliphatic rings. The number of nitrogens with zero attached hydrogens (tertiary/aromatic N) is 3. The highest BCUT2D eigenvalue weighted by Gasteiger charge is 2.32. The maximum Gasteiger partial charge on any atom is 0.416 e. The maximum atomic E-state index is 14.1. The number of alkyl halides is 3. The zero-order chi connectivity index (χ0) is 18.9. The van der Waals surface area contributed by atoms with Crippen molar-refractivity contribution >= 4 is 17.4 Å². The number of fused-ring (bicyclic) bond motifs is 1. The molecule has 0 fully saturated rings. The van der Waals surface area contributed by atoms with Gasteiger partial charge < -0.3 is 10.2 Å². The van der Waals surface area contributed by atoms with E-state index in [0.29, 0.717) is 25.3 Å². The van der Waals surface area contributed by atoms with Crippen molar-refractivity contribution in [3.63, 3.8) is 0 Å². The summed E-state index contributed by atoms with van der Waals surface area (Å²) in [5, 5.41) is 6.65. The van der Waals surface area contributed by atoms with Crippen LogP contribution in [-0.2, 0) is 17.5 Å². The number of nitrogens with one attached hydrogen (secondary N) is 1. The summed E-state index contributed by atoms with van der Waals surface area (Å²) in [6.07, 6.45) is -2.22. The summed E-state index contributed by atoms with van der Waals surface area (Å²) >= 11 is 0. The largest absolute Gasteiger partial charge is 0.416 e. The van der Waals surface area contributed by atoms with E-state index < -0.39 is 17.6 Å². The minimum Gasteiger partial charge on any atom is -0.352 e. The number of anilines is 2. The normalized spacial score (nSPS) is 16.9. The van der Waals surface area contributed by atoms with E-state index in [1.807, 2.05) is 0 Å². The van der Waals surface area contributed by atoms with E-state index in [0.717, 1.165) is 24.4 Å². The Morgan fingerprint density at radius 3 is 2.62 bits per heavy atom. The highest BCUT2D eigenvalue weighted by atomic mass is 19.4. The van der Waals surface area contributed by atoms with Crippen LogP contribution in [0.3, 0.4) is 0 Å². The lowest BCUT2D eigenvalue weighted by atomic mass is 10.1. The van der Waals surface area contributed by atoms with Crippen molar-refractivity contribution in [3.05, 3.63) is 54.5 Å². The molecule has 0 spiro atoms. The predicted octanol–water partition coefficient (Wildman–Crippen LogP) is 3.11. The zero-order valence-corrected chi connectivity index (χ0v) is 13.6. The van der Waals surface area contributed by atoms with E-state index in [2.05, 4.69) is 17.0 Å². The van der Waals surface area contributed by atoms with Crippen LogP contribution in [0.4, 0.5) is 29.1 Å². The van der Waals surface area contributed by atoms with Crippen LogP contribution in [0.25, 0.3) is 0 Å². The smallest absolute Gasteiger partial charge is 0.352 e. The third-order valence-electron chi connectivity index (χ3n) is 4.15. The molecule has 1 aromatic carbocycles. The molecule has 1 amide bonds. The first-order valence-corrected chi connectivity index (χ1v) is 7.86. The van der Waals surface area contributed by atoms with Crippen LogP contribution in [-0.4, -0.2) is 28.8 Å². The van der Waals surface area contributed by atoms with Gasteiger partial charge in [-0.3, -0.25) is 4.79 Å². The van der Waals surface area contributed by atoms with Gasteiger partial charge in [-0.1, -0.05) is 6.58 Å². The Hall–Kier alpha value is -2.84. The summed E-state index contributed by atoms with van der Waals surface area (Å²) in [6.45, 7) is 4.39. The Labute approximate surface area is 146 Å². The van der Waals surface area contributed by atoms with Crippen LogP contribution in [0.2, 0.25) is 0 Å². The zero-order valence-electron chi connectivity index (χ0n) is 13.6. The highest BCUT2D eigenvalue weighted by molar-refractivity contribution is 5.86. The van der Waals surface area contributed by atoms with Gasteiger partial charge in [-0.05, 0) is 30.3 Å².